The quantitative estimate of drug-likeness (QED) is 0.498. The van der Waals surface area contributed by atoms with Crippen molar-refractivity contribution < 1.29 is 0 Å². The Bertz CT molecular complexity index is 283. The Morgan fingerprint density at radius 2 is 2.00 bits per heavy atom. The zero-order valence-electron chi connectivity index (χ0n) is 5.26. The number of anilines is 1. The molecule has 2 heteroatoms. The van der Waals surface area contributed by atoms with Crippen LogP contribution in [-0.2, 0) is 0 Å². The predicted octanol–water partition coefficient (Wildman–Crippen LogP) is 1.97. The number of benzene rings is 1. The van der Waals surface area contributed by atoms with Crippen LogP contribution in [0.15, 0.2) is 24.3 Å². The Morgan fingerprint density at radius 3 is 2.60 bits per heavy atom. The van der Waals surface area contributed by atoms with E-state index in [1.165, 1.54) is 0 Å². The molecule has 0 aliphatic rings. The summed E-state index contributed by atoms with van der Waals surface area (Å²) in [6, 6.07) is 7.49. The predicted molar refractivity (Wildman–Crippen MR) is 46.7 cm³/mol. The van der Waals surface area contributed by atoms with Gasteiger partial charge in [-0.15, -0.1) is 0 Å². The maximum atomic E-state index is 5.58. The number of nitrogen functional groups attached to an aromatic ring is 1. The zero-order chi connectivity index (χ0) is 7.40. The zero-order valence-corrected chi connectivity index (χ0v) is 6.85. The molecule has 1 nitrogen and oxygen atoms in total. The summed E-state index contributed by atoms with van der Waals surface area (Å²) in [6.45, 7) is 0. The highest BCUT2D eigenvalue weighted by atomic mass is 79.9. The van der Waals surface area contributed by atoms with E-state index in [1.807, 2.05) is 24.3 Å². The van der Waals surface area contributed by atoms with Gasteiger partial charge in [-0.1, -0.05) is 18.1 Å². The van der Waals surface area contributed by atoms with Gasteiger partial charge in [0.2, 0.25) is 0 Å². The monoisotopic (exact) mass is 195 g/mol. The molecule has 1 aromatic rings. The van der Waals surface area contributed by atoms with E-state index in [9.17, 15) is 0 Å². The molecule has 0 radical (unpaired) electrons. The second-order valence-electron chi connectivity index (χ2n) is 1.81. The van der Waals surface area contributed by atoms with Crippen LogP contribution in [0, 0.1) is 10.8 Å². The van der Waals surface area contributed by atoms with Gasteiger partial charge in [-0.2, -0.15) is 0 Å². The first-order valence-electron chi connectivity index (χ1n) is 2.81. The van der Waals surface area contributed by atoms with Gasteiger partial charge in [0.25, 0.3) is 0 Å². The molecule has 0 saturated heterocycles. The Kier molecular flexibility index (Phi) is 2.35. The van der Waals surface area contributed by atoms with Gasteiger partial charge in [0.15, 0.2) is 0 Å². The first-order valence-corrected chi connectivity index (χ1v) is 3.60. The molecule has 0 atom stereocenters. The summed E-state index contributed by atoms with van der Waals surface area (Å²) in [4.78, 5) is 2.61. The number of hydrogen-bond donors (Lipinski definition) is 1. The van der Waals surface area contributed by atoms with Crippen molar-refractivity contribution >= 4 is 21.6 Å². The number of nitrogens with two attached hydrogens (primary N) is 1. The van der Waals surface area contributed by atoms with Gasteiger partial charge < -0.3 is 5.73 Å². The third kappa shape index (κ3) is 1.52. The van der Waals surface area contributed by atoms with Crippen molar-refractivity contribution in [2.24, 2.45) is 0 Å². The molecule has 2 N–H and O–H groups in total. The van der Waals surface area contributed by atoms with Crippen LogP contribution in [0.2, 0.25) is 0 Å². The molecule has 10 heavy (non-hydrogen) atoms. The lowest BCUT2D eigenvalue weighted by Gasteiger charge is -1.93. The van der Waals surface area contributed by atoms with Crippen LogP contribution in [0.25, 0.3) is 0 Å². The molecular weight excluding hydrogens is 190 g/mol. The summed E-state index contributed by atoms with van der Waals surface area (Å²) < 4.78 is 0. The van der Waals surface area contributed by atoms with Crippen molar-refractivity contribution in [3.8, 4) is 10.8 Å². The van der Waals surface area contributed by atoms with E-state index in [-0.39, 0.29) is 0 Å². The first-order chi connectivity index (χ1) is 4.84. The molecule has 0 bridgehead atoms. The van der Waals surface area contributed by atoms with E-state index >= 15 is 0 Å². The lowest BCUT2D eigenvalue weighted by Crippen LogP contribution is -1.87. The number of hydrogen-bond acceptors (Lipinski definition) is 1. The van der Waals surface area contributed by atoms with Crippen LogP contribution in [0.1, 0.15) is 5.56 Å². The van der Waals surface area contributed by atoms with Crippen molar-refractivity contribution in [3.05, 3.63) is 29.8 Å². The minimum atomic E-state index is 0.717. The van der Waals surface area contributed by atoms with Crippen molar-refractivity contribution in [2.45, 2.75) is 0 Å². The highest BCUT2D eigenvalue weighted by molar-refractivity contribution is 9.12. The van der Waals surface area contributed by atoms with Crippen molar-refractivity contribution in [3.63, 3.8) is 0 Å². The Labute approximate surface area is 68.4 Å². The van der Waals surface area contributed by atoms with Gasteiger partial charge in [0.05, 0.1) is 0 Å². The summed E-state index contributed by atoms with van der Waals surface area (Å²) in [6.07, 6.45) is 0. The molecule has 50 valence electrons. The van der Waals surface area contributed by atoms with Gasteiger partial charge in [0.1, 0.15) is 0 Å². The van der Waals surface area contributed by atoms with Crippen LogP contribution in [0.3, 0.4) is 0 Å². The molecule has 0 aliphatic carbocycles. The first kappa shape index (κ1) is 7.17. The highest BCUT2D eigenvalue weighted by Gasteiger charge is 1.89. The molecule has 0 saturated carbocycles. The highest BCUT2D eigenvalue weighted by Crippen LogP contribution is 2.07. The van der Waals surface area contributed by atoms with Crippen molar-refractivity contribution in [1.82, 2.24) is 0 Å². The normalized spacial score (nSPS) is 8.10. The number of halogens is 1. The van der Waals surface area contributed by atoms with Crippen molar-refractivity contribution in [2.75, 3.05) is 5.73 Å². The summed E-state index contributed by atoms with van der Waals surface area (Å²) >= 11 is 3.00. The molecular formula is C8H6BrN. The minimum absolute atomic E-state index is 0.717. The molecule has 0 aromatic heterocycles. The molecule has 0 unspecified atom stereocenters. The molecule has 0 aliphatic heterocycles. The van der Waals surface area contributed by atoms with Crippen LogP contribution < -0.4 is 5.73 Å². The number of rotatable bonds is 0. The van der Waals surface area contributed by atoms with E-state index < -0.39 is 0 Å². The fraction of sp³-hybridized carbons (Fsp3) is 0. The summed E-state index contributed by atoms with van der Waals surface area (Å²) in [5.41, 5.74) is 7.16. The summed E-state index contributed by atoms with van der Waals surface area (Å²) in [5, 5.41) is 0. The molecule has 0 heterocycles. The van der Waals surface area contributed by atoms with Crippen molar-refractivity contribution in [1.29, 1.82) is 0 Å². The van der Waals surface area contributed by atoms with E-state index in [0.717, 1.165) is 11.3 Å². The second-order valence-corrected chi connectivity index (χ2v) is 2.20. The second kappa shape index (κ2) is 3.28. The maximum absolute atomic E-state index is 5.58. The minimum Gasteiger partial charge on any atom is -0.398 e. The Hall–Kier alpha value is -0.940. The van der Waals surface area contributed by atoms with Crippen LogP contribution >= 0.6 is 15.9 Å². The molecule has 1 rings (SSSR count). The Morgan fingerprint density at radius 1 is 1.30 bits per heavy atom. The van der Waals surface area contributed by atoms with Gasteiger partial charge in [-0.25, -0.2) is 0 Å². The average molecular weight is 196 g/mol. The van der Waals surface area contributed by atoms with Gasteiger partial charge in [-0.3, -0.25) is 0 Å². The molecule has 0 fully saturated rings. The fourth-order valence-electron chi connectivity index (χ4n) is 0.662. The topological polar surface area (TPSA) is 26.0 Å². The number of para-hydroxylation sites is 1. The summed E-state index contributed by atoms with van der Waals surface area (Å²) in [5.74, 6) is 2.82. The Balaban J connectivity index is 3.11. The lowest BCUT2D eigenvalue weighted by atomic mass is 10.2. The van der Waals surface area contributed by atoms with Crippen LogP contribution in [-0.4, -0.2) is 0 Å². The van der Waals surface area contributed by atoms with Crippen LogP contribution in [0.4, 0.5) is 5.69 Å². The van der Waals surface area contributed by atoms with Crippen LogP contribution in [0.5, 0.6) is 0 Å². The largest absolute Gasteiger partial charge is 0.398 e. The summed E-state index contributed by atoms with van der Waals surface area (Å²) in [7, 11) is 0. The van der Waals surface area contributed by atoms with E-state index in [2.05, 4.69) is 26.7 Å². The van der Waals surface area contributed by atoms with E-state index in [4.69, 9.17) is 5.73 Å². The lowest BCUT2D eigenvalue weighted by molar-refractivity contribution is 1.63. The third-order valence-electron chi connectivity index (χ3n) is 1.14. The van der Waals surface area contributed by atoms with Gasteiger partial charge in [-0.05, 0) is 17.0 Å². The average Bonchev–Trinajstić information content (AvgIpc) is 1.94. The fourth-order valence-corrected chi connectivity index (χ4v) is 0.875. The molecule has 1 aromatic carbocycles. The third-order valence-corrected chi connectivity index (χ3v) is 1.34. The standard InChI is InChI=1S/C8H6BrN/c9-6-5-7-3-1-2-4-8(7)10/h1-4H,10H2. The molecule has 0 amide bonds. The van der Waals surface area contributed by atoms with E-state index in [1.54, 1.807) is 0 Å². The SMILES string of the molecule is Nc1ccccc1C#CBr. The van der Waals surface area contributed by atoms with Gasteiger partial charge >= 0.3 is 0 Å². The smallest absolute Gasteiger partial charge is 0.0483 e. The molecule has 0 spiro atoms. The van der Waals surface area contributed by atoms with E-state index in [0.29, 0.717) is 0 Å². The maximum Gasteiger partial charge on any atom is 0.0483 e. The van der Waals surface area contributed by atoms with Gasteiger partial charge in [0, 0.05) is 27.2 Å².